The Labute approximate surface area is 82.5 Å². The molecular formula is C7H6INO3. The Kier molecular flexibility index (Phi) is 2.51. The summed E-state index contributed by atoms with van der Waals surface area (Å²) >= 11 is 1.75. The smallest absolute Gasteiger partial charge is 0.286 e. The zero-order chi connectivity index (χ0) is 9.30. The molecule has 0 aliphatic carbocycles. The quantitative estimate of drug-likeness (QED) is 0.487. The molecular weight excluding hydrogens is 273 g/mol. The van der Waals surface area contributed by atoms with Crippen LogP contribution in [0.4, 0.5) is 5.69 Å². The largest absolute Gasteiger partial charge is 0.507 e. The monoisotopic (exact) mass is 279 g/mol. The molecule has 4 nitrogen and oxygen atoms in total. The summed E-state index contributed by atoms with van der Waals surface area (Å²) in [5.74, 6) is -0.0395. The Bertz CT molecular complexity index is 338. The number of rotatable bonds is 1. The van der Waals surface area contributed by atoms with Crippen LogP contribution in [-0.4, -0.2) is 10.0 Å². The highest BCUT2D eigenvalue weighted by Gasteiger charge is 2.15. The van der Waals surface area contributed by atoms with Crippen molar-refractivity contribution in [3.8, 4) is 5.75 Å². The summed E-state index contributed by atoms with van der Waals surface area (Å²) in [5, 5.41) is 19.6. The Morgan fingerprint density at radius 3 is 2.67 bits per heavy atom. The van der Waals surface area contributed by atoms with E-state index in [2.05, 4.69) is 0 Å². The van der Waals surface area contributed by atoms with Gasteiger partial charge in [0.15, 0.2) is 0 Å². The number of aromatic hydroxyl groups is 1. The van der Waals surface area contributed by atoms with Crippen LogP contribution in [0.1, 0.15) is 5.56 Å². The number of nitrogens with zero attached hydrogens (tertiary/aromatic N) is 1. The average molecular weight is 279 g/mol. The number of benzene rings is 1. The van der Waals surface area contributed by atoms with Crippen LogP contribution in [0, 0.1) is 20.6 Å². The van der Waals surface area contributed by atoms with E-state index in [4.69, 9.17) is 0 Å². The second kappa shape index (κ2) is 3.26. The van der Waals surface area contributed by atoms with Crippen molar-refractivity contribution in [1.82, 2.24) is 0 Å². The molecule has 1 N–H and O–H groups in total. The lowest BCUT2D eigenvalue weighted by atomic mass is 10.2. The maximum Gasteiger partial charge on any atom is 0.286 e. The second-order valence-electron chi connectivity index (χ2n) is 2.37. The molecule has 0 fully saturated rings. The summed E-state index contributed by atoms with van der Waals surface area (Å²) in [7, 11) is 0. The van der Waals surface area contributed by atoms with Crippen molar-refractivity contribution >= 4 is 28.3 Å². The maximum absolute atomic E-state index is 10.4. The number of hydrogen-bond acceptors (Lipinski definition) is 3. The van der Waals surface area contributed by atoms with Crippen LogP contribution in [-0.2, 0) is 0 Å². The molecule has 0 saturated heterocycles. The summed E-state index contributed by atoms with van der Waals surface area (Å²) in [5.41, 5.74) is 0.632. The maximum atomic E-state index is 10.4. The van der Waals surface area contributed by atoms with Gasteiger partial charge in [-0.3, -0.25) is 10.1 Å². The van der Waals surface area contributed by atoms with Crippen molar-refractivity contribution < 1.29 is 10.0 Å². The average Bonchev–Trinajstić information content (AvgIpc) is 1.96. The Hall–Kier alpha value is -0.850. The Morgan fingerprint density at radius 1 is 1.58 bits per heavy atom. The minimum Gasteiger partial charge on any atom is -0.507 e. The summed E-state index contributed by atoms with van der Waals surface area (Å²) in [6, 6.07) is 2.93. The first kappa shape index (κ1) is 9.24. The first-order chi connectivity index (χ1) is 5.52. The van der Waals surface area contributed by atoms with Crippen LogP contribution in [0.2, 0.25) is 0 Å². The van der Waals surface area contributed by atoms with Crippen LogP contribution in [0.25, 0.3) is 0 Å². The molecule has 1 aromatic rings. The summed E-state index contributed by atoms with van der Waals surface area (Å²) in [6.07, 6.45) is 0. The molecule has 0 saturated carbocycles. The number of phenols is 1. The molecule has 0 radical (unpaired) electrons. The molecule has 0 atom stereocenters. The van der Waals surface area contributed by atoms with E-state index in [-0.39, 0.29) is 15.0 Å². The second-order valence-corrected chi connectivity index (χ2v) is 3.45. The molecule has 0 aromatic heterocycles. The van der Waals surface area contributed by atoms with Crippen LogP contribution in [0.5, 0.6) is 5.75 Å². The van der Waals surface area contributed by atoms with Crippen molar-refractivity contribution in [1.29, 1.82) is 0 Å². The first-order valence-electron chi connectivity index (χ1n) is 3.16. The normalized spacial score (nSPS) is 9.83. The van der Waals surface area contributed by atoms with Crippen LogP contribution in [0.3, 0.4) is 0 Å². The van der Waals surface area contributed by atoms with E-state index in [0.29, 0.717) is 5.56 Å². The van der Waals surface area contributed by atoms with E-state index in [1.165, 1.54) is 12.1 Å². The molecule has 0 aliphatic rings. The molecule has 0 spiro atoms. The van der Waals surface area contributed by atoms with Crippen LogP contribution < -0.4 is 0 Å². The fourth-order valence-corrected chi connectivity index (χ4v) is 1.37. The zero-order valence-electron chi connectivity index (χ0n) is 6.24. The van der Waals surface area contributed by atoms with Crippen molar-refractivity contribution in [2.75, 3.05) is 0 Å². The SMILES string of the molecule is Cc1cc(O)c(I)c([N+](=O)[O-])c1. The van der Waals surface area contributed by atoms with Gasteiger partial charge in [0.05, 0.1) is 4.92 Å². The van der Waals surface area contributed by atoms with Gasteiger partial charge in [0.2, 0.25) is 0 Å². The zero-order valence-corrected chi connectivity index (χ0v) is 8.40. The Balaban J connectivity index is 3.37. The number of aryl methyl sites for hydroxylation is 1. The van der Waals surface area contributed by atoms with Gasteiger partial charge in [0.25, 0.3) is 5.69 Å². The van der Waals surface area contributed by atoms with E-state index in [9.17, 15) is 15.2 Å². The molecule has 12 heavy (non-hydrogen) atoms. The van der Waals surface area contributed by atoms with Gasteiger partial charge in [-0.25, -0.2) is 0 Å². The fraction of sp³-hybridized carbons (Fsp3) is 0.143. The molecule has 64 valence electrons. The molecule has 0 bridgehead atoms. The lowest BCUT2D eigenvalue weighted by molar-refractivity contribution is -0.385. The van der Waals surface area contributed by atoms with Crippen molar-refractivity contribution in [2.24, 2.45) is 0 Å². The van der Waals surface area contributed by atoms with Gasteiger partial charge in [-0.1, -0.05) is 0 Å². The third-order valence-electron chi connectivity index (χ3n) is 1.38. The van der Waals surface area contributed by atoms with Crippen molar-refractivity contribution in [2.45, 2.75) is 6.92 Å². The van der Waals surface area contributed by atoms with Gasteiger partial charge < -0.3 is 5.11 Å². The highest BCUT2D eigenvalue weighted by molar-refractivity contribution is 14.1. The van der Waals surface area contributed by atoms with Gasteiger partial charge in [0, 0.05) is 6.07 Å². The van der Waals surface area contributed by atoms with Gasteiger partial charge in [-0.15, -0.1) is 0 Å². The minimum absolute atomic E-state index is 0.0395. The van der Waals surface area contributed by atoms with Gasteiger partial charge in [0.1, 0.15) is 9.32 Å². The third-order valence-corrected chi connectivity index (χ3v) is 2.48. The van der Waals surface area contributed by atoms with E-state index >= 15 is 0 Å². The summed E-state index contributed by atoms with van der Waals surface area (Å²) < 4.78 is 0.281. The number of nitro groups is 1. The molecule has 1 aromatic carbocycles. The number of hydrogen-bond donors (Lipinski definition) is 1. The minimum atomic E-state index is -0.505. The van der Waals surface area contributed by atoms with Crippen molar-refractivity contribution in [3.05, 3.63) is 31.4 Å². The fourth-order valence-electron chi connectivity index (χ4n) is 0.864. The van der Waals surface area contributed by atoms with E-state index in [1.807, 2.05) is 0 Å². The topological polar surface area (TPSA) is 63.4 Å². The molecule has 1 rings (SSSR count). The lowest BCUT2D eigenvalue weighted by Crippen LogP contribution is -1.92. The van der Waals surface area contributed by atoms with Gasteiger partial charge in [-0.05, 0) is 41.1 Å². The third kappa shape index (κ3) is 1.66. The highest BCUT2D eigenvalue weighted by Crippen LogP contribution is 2.30. The van der Waals surface area contributed by atoms with Gasteiger partial charge in [-0.2, -0.15) is 0 Å². The molecule has 0 unspecified atom stereocenters. The summed E-state index contributed by atoms with van der Waals surface area (Å²) in [6.45, 7) is 1.70. The highest BCUT2D eigenvalue weighted by atomic mass is 127. The molecule has 0 aliphatic heterocycles. The van der Waals surface area contributed by atoms with Gasteiger partial charge >= 0.3 is 0 Å². The predicted octanol–water partition coefficient (Wildman–Crippen LogP) is 2.21. The molecule has 5 heteroatoms. The van der Waals surface area contributed by atoms with E-state index in [1.54, 1.807) is 29.5 Å². The van der Waals surface area contributed by atoms with Crippen LogP contribution in [0.15, 0.2) is 12.1 Å². The first-order valence-corrected chi connectivity index (χ1v) is 4.23. The number of phenolic OH excluding ortho intramolecular Hbond substituents is 1. The number of nitro benzene ring substituents is 1. The summed E-state index contributed by atoms with van der Waals surface area (Å²) in [4.78, 5) is 9.91. The van der Waals surface area contributed by atoms with Crippen molar-refractivity contribution in [3.63, 3.8) is 0 Å². The predicted molar refractivity (Wildman–Crippen MR) is 52.2 cm³/mol. The lowest BCUT2D eigenvalue weighted by Gasteiger charge is -1.99. The molecule has 0 heterocycles. The Morgan fingerprint density at radius 2 is 2.17 bits per heavy atom. The van der Waals surface area contributed by atoms with E-state index < -0.39 is 4.92 Å². The van der Waals surface area contributed by atoms with E-state index in [0.717, 1.165) is 0 Å². The standard InChI is InChI=1S/C7H6INO3/c1-4-2-5(9(11)12)7(8)6(10)3-4/h2-3,10H,1H3. The van der Waals surface area contributed by atoms with Crippen LogP contribution >= 0.6 is 22.6 Å². The number of halogens is 1. The molecule has 0 amide bonds.